The number of anilines is 1. The molecule has 3 aromatic rings. The Morgan fingerprint density at radius 1 is 1.24 bits per heavy atom. The van der Waals surface area contributed by atoms with Crippen molar-refractivity contribution in [3.05, 3.63) is 91.7 Å². The third-order valence-electron chi connectivity index (χ3n) is 5.49. The predicted molar refractivity (Wildman–Crippen MR) is 132 cm³/mol. The molecule has 0 aliphatic carbocycles. The lowest BCUT2D eigenvalue weighted by molar-refractivity contribution is -0.385. The van der Waals surface area contributed by atoms with Crippen LogP contribution in [0.2, 0.25) is 10.0 Å². The Hall–Kier alpha value is -3.80. The van der Waals surface area contributed by atoms with Gasteiger partial charge < -0.3 is 5.32 Å². The van der Waals surface area contributed by atoms with Gasteiger partial charge in [0.1, 0.15) is 23.6 Å². The summed E-state index contributed by atoms with van der Waals surface area (Å²) in [6.45, 7) is 2.32. The first-order valence-electron chi connectivity index (χ1n) is 10.3. The molecule has 1 unspecified atom stereocenters. The Kier molecular flexibility index (Phi) is 6.59. The minimum atomic E-state index is -0.730. The zero-order valence-electron chi connectivity index (χ0n) is 18.0. The van der Waals surface area contributed by atoms with Gasteiger partial charge in [0.2, 0.25) is 0 Å². The lowest BCUT2D eigenvalue weighted by Gasteiger charge is -2.24. The molecule has 0 saturated carbocycles. The lowest BCUT2D eigenvalue weighted by Crippen LogP contribution is -2.24. The van der Waals surface area contributed by atoms with Crippen molar-refractivity contribution < 1.29 is 4.92 Å². The van der Waals surface area contributed by atoms with Gasteiger partial charge in [0.15, 0.2) is 0 Å². The van der Waals surface area contributed by atoms with Crippen LogP contribution in [0.3, 0.4) is 0 Å². The number of nitrogens with zero attached hydrogens (tertiary/aromatic N) is 5. The Morgan fingerprint density at radius 3 is 2.68 bits per heavy atom. The van der Waals surface area contributed by atoms with Gasteiger partial charge in [-0.3, -0.25) is 20.1 Å². The Balaban J connectivity index is 1.58. The molecule has 0 amide bonds. The molecule has 1 aliphatic heterocycles. The molecule has 0 radical (unpaired) electrons. The molecule has 1 N–H and O–H groups in total. The van der Waals surface area contributed by atoms with Crippen molar-refractivity contribution >= 4 is 40.9 Å². The zero-order valence-corrected chi connectivity index (χ0v) is 19.5. The molecule has 2 aromatic heterocycles. The van der Waals surface area contributed by atoms with Crippen LogP contribution >= 0.6 is 23.2 Å². The molecule has 0 spiro atoms. The van der Waals surface area contributed by atoms with Crippen LogP contribution in [0.5, 0.6) is 0 Å². The van der Waals surface area contributed by atoms with E-state index in [1.807, 2.05) is 19.1 Å². The predicted octanol–water partition coefficient (Wildman–Crippen LogP) is 5.88. The summed E-state index contributed by atoms with van der Waals surface area (Å²) in [6, 6.07) is 12.1. The number of aliphatic imine (C=N–C) groups is 1. The van der Waals surface area contributed by atoms with Crippen molar-refractivity contribution in [2.75, 3.05) is 11.9 Å². The van der Waals surface area contributed by atoms with Gasteiger partial charge >= 0.3 is 0 Å². The van der Waals surface area contributed by atoms with E-state index < -0.39 is 10.5 Å². The summed E-state index contributed by atoms with van der Waals surface area (Å²) in [5, 5.41) is 24.8. The van der Waals surface area contributed by atoms with Crippen molar-refractivity contribution in [3.8, 4) is 17.3 Å². The maximum absolute atomic E-state index is 11.0. The number of nitriles is 1. The SMILES string of the molecule is Cc1cc(NCCC2(c3ccc([N+](=O)[O-])cn3)C=CC=N2)nc(-c2ccc(Cl)cc2Cl)c1C#N. The molecule has 3 heterocycles. The molecule has 0 fully saturated rings. The van der Waals surface area contributed by atoms with Crippen molar-refractivity contribution in [1.29, 1.82) is 5.26 Å². The van der Waals surface area contributed by atoms with Gasteiger partial charge in [-0.15, -0.1) is 0 Å². The van der Waals surface area contributed by atoms with Gasteiger partial charge in [-0.2, -0.15) is 5.26 Å². The third kappa shape index (κ3) is 4.62. The Morgan fingerprint density at radius 2 is 2.06 bits per heavy atom. The normalized spacial score (nSPS) is 16.4. The molecule has 10 heteroatoms. The van der Waals surface area contributed by atoms with E-state index in [4.69, 9.17) is 23.2 Å². The van der Waals surface area contributed by atoms with Crippen LogP contribution in [0.25, 0.3) is 11.3 Å². The van der Waals surface area contributed by atoms with E-state index in [2.05, 4.69) is 26.3 Å². The summed E-state index contributed by atoms with van der Waals surface area (Å²) >= 11 is 12.4. The fraction of sp³-hybridized carbons (Fsp3) is 0.167. The number of nitrogens with one attached hydrogen (secondary N) is 1. The van der Waals surface area contributed by atoms with Crippen LogP contribution in [-0.4, -0.2) is 27.7 Å². The second kappa shape index (κ2) is 9.59. The van der Waals surface area contributed by atoms with Crippen molar-refractivity contribution in [3.63, 3.8) is 0 Å². The number of aromatic nitrogens is 2. The number of aryl methyl sites for hydroxylation is 1. The Bertz CT molecular complexity index is 1350. The summed E-state index contributed by atoms with van der Waals surface area (Å²) in [6.07, 6.45) is 7.20. The highest BCUT2D eigenvalue weighted by Crippen LogP contribution is 2.35. The number of hydrogen-bond donors (Lipinski definition) is 1. The fourth-order valence-corrected chi connectivity index (χ4v) is 4.26. The monoisotopic (exact) mass is 492 g/mol. The van der Waals surface area contributed by atoms with Gasteiger partial charge in [0, 0.05) is 29.4 Å². The summed E-state index contributed by atoms with van der Waals surface area (Å²) in [4.78, 5) is 24.0. The molecule has 34 heavy (non-hydrogen) atoms. The average Bonchev–Trinajstić information content (AvgIpc) is 3.29. The number of pyridine rings is 2. The topological polar surface area (TPSA) is 117 Å². The first kappa shape index (κ1) is 23.4. The Labute approximate surface area is 205 Å². The second-order valence-electron chi connectivity index (χ2n) is 7.68. The van der Waals surface area contributed by atoms with E-state index >= 15 is 0 Å². The van der Waals surface area contributed by atoms with Crippen LogP contribution in [-0.2, 0) is 5.54 Å². The van der Waals surface area contributed by atoms with E-state index in [-0.39, 0.29) is 5.69 Å². The molecule has 1 aliphatic rings. The highest BCUT2D eigenvalue weighted by molar-refractivity contribution is 6.36. The smallest absolute Gasteiger partial charge is 0.287 e. The van der Waals surface area contributed by atoms with E-state index in [1.54, 1.807) is 36.5 Å². The van der Waals surface area contributed by atoms with Gasteiger partial charge in [-0.1, -0.05) is 23.2 Å². The van der Waals surface area contributed by atoms with Crippen molar-refractivity contribution in [1.82, 2.24) is 9.97 Å². The quantitative estimate of drug-likeness (QED) is 0.325. The molecular weight excluding hydrogens is 475 g/mol. The summed E-state index contributed by atoms with van der Waals surface area (Å²) < 4.78 is 0. The van der Waals surface area contributed by atoms with Crippen LogP contribution < -0.4 is 5.32 Å². The molecular formula is C24H18Cl2N6O2. The standard InChI is InChI=1S/C24H18Cl2N6O2/c1-15-11-22(31-23(19(15)13-27)18-5-3-16(25)12-20(18)26)28-10-8-24(7-2-9-30-24)21-6-4-17(14-29-21)32(33)34/h2-7,9,11-12,14H,8,10H2,1H3,(H,28,31). The van der Waals surface area contributed by atoms with Gasteiger partial charge in [-0.05, 0) is 61.4 Å². The summed E-state index contributed by atoms with van der Waals surface area (Å²) in [5.41, 5.74) is 2.08. The highest BCUT2D eigenvalue weighted by atomic mass is 35.5. The largest absolute Gasteiger partial charge is 0.370 e. The van der Waals surface area contributed by atoms with Crippen molar-refractivity contribution in [2.45, 2.75) is 18.9 Å². The molecule has 1 atom stereocenters. The molecule has 170 valence electrons. The number of halogens is 2. The average molecular weight is 493 g/mol. The molecule has 0 bridgehead atoms. The lowest BCUT2D eigenvalue weighted by atomic mass is 9.92. The molecule has 1 aromatic carbocycles. The minimum absolute atomic E-state index is 0.0753. The first-order valence-corrected chi connectivity index (χ1v) is 11.0. The summed E-state index contributed by atoms with van der Waals surface area (Å²) in [7, 11) is 0. The van der Waals surface area contributed by atoms with E-state index in [0.29, 0.717) is 51.3 Å². The summed E-state index contributed by atoms with van der Waals surface area (Å²) in [5.74, 6) is 0.579. The highest BCUT2D eigenvalue weighted by Gasteiger charge is 2.32. The fourth-order valence-electron chi connectivity index (χ4n) is 3.76. The first-order chi connectivity index (χ1) is 16.3. The third-order valence-corrected chi connectivity index (χ3v) is 6.04. The van der Waals surface area contributed by atoms with E-state index in [1.165, 1.54) is 12.3 Å². The number of benzene rings is 1. The van der Waals surface area contributed by atoms with Gasteiger partial charge in [0.25, 0.3) is 5.69 Å². The number of allylic oxidation sites excluding steroid dienone is 1. The zero-order chi connectivity index (χ0) is 24.3. The van der Waals surface area contributed by atoms with Crippen LogP contribution in [0, 0.1) is 28.4 Å². The van der Waals surface area contributed by atoms with E-state index in [0.717, 1.165) is 5.56 Å². The maximum Gasteiger partial charge on any atom is 0.287 e. The number of rotatable bonds is 7. The molecule has 0 saturated heterocycles. The van der Waals surface area contributed by atoms with Gasteiger partial charge in [-0.25, -0.2) is 4.98 Å². The maximum atomic E-state index is 11.0. The molecule has 8 nitrogen and oxygen atoms in total. The van der Waals surface area contributed by atoms with Crippen LogP contribution in [0.4, 0.5) is 11.5 Å². The van der Waals surface area contributed by atoms with Crippen LogP contribution in [0.1, 0.15) is 23.2 Å². The number of hydrogen-bond acceptors (Lipinski definition) is 7. The van der Waals surface area contributed by atoms with Crippen molar-refractivity contribution in [2.24, 2.45) is 4.99 Å². The van der Waals surface area contributed by atoms with E-state index in [9.17, 15) is 15.4 Å². The minimum Gasteiger partial charge on any atom is -0.370 e. The second-order valence-corrected chi connectivity index (χ2v) is 8.52. The van der Waals surface area contributed by atoms with Gasteiger partial charge in [0.05, 0.1) is 26.9 Å². The molecule has 4 rings (SSSR count). The van der Waals surface area contributed by atoms with Crippen LogP contribution in [0.15, 0.2) is 59.7 Å². The number of nitro groups is 1.